The molecule has 3 heterocycles. The van der Waals surface area contributed by atoms with Crippen molar-refractivity contribution < 1.29 is 23.4 Å². The highest BCUT2D eigenvalue weighted by molar-refractivity contribution is 5.73. The van der Waals surface area contributed by atoms with E-state index in [1.54, 1.807) is 24.7 Å². The van der Waals surface area contributed by atoms with Gasteiger partial charge < -0.3 is 20.5 Å². The fraction of sp³-hybridized carbons (Fsp3) is 0.318. The third-order valence-corrected chi connectivity index (χ3v) is 5.49. The zero-order chi connectivity index (χ0) is 23.5. The Balaban J connectivity index is 1.55. The number of nitrogens with zero attached hydrogens (tertiary/aromatic N) is 5. The molecule has 0 amide bonds. The average molecular weight is 456 g/mol. The van der Waals surface area contributed by atoms with Crippen LogP contribution in [-0.4, -0.2) is 50.2 Å². The van der Waals surface area contributed by atoms with E-state index in [-0.39, 0.29) is 24.8 Å². The molecule has 1 aliphatic heterocycles. The Bertz CT molecular complexity index is 1160. The molecule has 4 rings (SSSR count). The first-order chi connectivity index (χ1) is 15.8. The van der Waals surface area contributed by atoms with Crippen molar-refractivity contribution in [1.82, 2.24) is 19.9 Å². The highest BCUT2D eigenvalue weighted by Gasteiger charge is 2.28. The van der Waals surface area contributed by atoms with E-state index in [0.717, 1.165) is 17.3 Å². The number of hydrogen-bond acceptors (Lipinski definition) is 8. The van der Waals surface area contributed by atoms with Crippen molar-refractivity contribution >= 4 is 11.7 Å². The van der Waals surface area contributed by atoms with Gasteiger partial charge in [-0.25, -0.2) is 24.3 Å². The van der Waals surface area contributed by atoms with Gasteiger partial charge in [0.1, 0.15) is 6.04 Å². The Morgan fingerprint density at radius 3 is 2.76 bits per heavy atom. The van der Waals surface area contributed by atoms with Gasteiger partial charge in [0.2, 0.25) is 5.82 Å². The number of anilines is 1. The zero-order valence-electron chi connectivity index (χ0n) is 17.8. The number of halogens is 2. The monoisotopic (exact) mass is 456 g/mol. The molecule has 11 heteroatoms. The Kier molecular flexibility index (Phi) is 6.40. The second-order valence-corrected chi connectivity index (χ2v) is 7.61. The predicted octanol–water partition coefficient (Wildman–Crippen LogP) is 2.52. The maximum absolute atomic E-state index is 14.3. The molecule has 0 fully saturated rings. The highest BCUT2D eigenvalue weighted by atomic mass is 19.2. The van der Waals surface area contributed by atoms with E-state index in [1.807, 2.05) is 11.8 Å². The Labute approximate surface area is 188 Å². The van der Waals surface area contributed by atoms with Crippen LogP contribution in [0.5, 0.6) is 5.75 Å². The highest BCUT2D eigenvalue weighted by Crippen LogP contribution is 2.36. The number of aromatic nitrogens is 4. The first kappa shape index (κ1) is 22.5. The van der Waals surface area contributed by atoms with Gasteiger partial charge in [-0.3, -0.25) is 4.79 Å². The molecule has 3 N–H and O–H groups in total. The van der Waals surface area contributed by atoms with Gasteiger partial charge in [0.25, 0.3) is 0 Å². The molecule has 2 atom stereocenters. The SMILES string of the molecule is CC1c2cnc(-c3ncccn3)nc2CCN1c1cc(F)c(F)c(OCCC(N)C(=O)O)c1. The van der Waals surface area contributed by atoms with Crippen molar-refractivity contribution in [3.63, 3.8) is 0 Å². The minimum Gasteiger partial charge on any atom is -0.490 e. The van der Waals surface area contributed by atoms with Crippen LogP contribution in [0, 0.1) is 11.6 Å². The molecule has 2 aromatic heterocycles. The quantitative estimate of drug-likeness (QED) is 0.551. The standard InChI is InChI=1S/C22H22F2N6O3/c1-12-14-11-28-21(20-26-5-2-6-27-20)29-17(14)3-7-30(12)13-9-15(23)19(24)18(10-13)33-8-4-16(25)22(31)32/h2,5-6,9-12,16H,3-4,7-8,25H2,1H3,(H,31,32). The molecule has 2 unspecified atom stereocenters. The van der Waals surface area contributed by atoms with E-state index in [9.17, 15) is 13.6 Å². The lowest BCUT2D eigenvalue weighted by Crippen LogP contribution is -2.35. The van der Waals surface area contributed by atoms with E-state index in [1.165, 1.54) is 6.07 Å². The number of hydrogen-bond donors (Lipinski definition) is 2. The van der Waals surface area contributed by atoms with Crippen molar-refractivity contribution in [3.8, 4) is 17.4 Å². The van der Waals surface area contributed by atoms with Crippen molar-refractivity contribution in [1.29, 1.82) is 0 Å². The number of aliphatic carboxylic acids is 1. The first-order valence-electron chi connectivity index (χ1n) is 10.3. The van der Waals surface area contributed by atoms with E-state index < -0.39 is 23.6 Å². The van der Waals surface area contributed by atoms with Crippen LogP contribution >= 0.6 is 0 Å². The van der Waals surface area contributed by atoms with Gasteiger partial charge in [0.05, 0.1) is 18.3 Å². The zero-order valence-corrected chi connectivity index (χ0v) is 17.8. The molecular formula is C22H22F2N6O3. The van der Waals surface area contributed by atoms with Gasteiger partial charge in [-0.1, -0.05) is 0 Å². The number of carboxylic acid groups (broad SMARTS) is 1. The van der Waals surface area contributed by atoms with E-state index in [4.69, 9.17) is 15.6 Å². The molecule has 33 heavy (non-hydrogen) atoms. The molecule has 0 spiro atoms. The van der Waals surface area contributed by atoms with Crippen LogP contribution < -0.4 is 15.4 Å². The Hall–Kier alpha value is -3.73. The molecule has 0 radical (unpaired) electrons. The van der Waals surface area contributed by atoms with Crippen LogP contribution in [0.3, 0.4) is 0 Å². The van der Waals surface area contributed by atoms with Crippen LogP contribution in [0.4, 0.5) is 14.5 Å². The third kappa shape index (κ3) is 4.72. The van der Waals surface area contributed by atoms with Crippen LogP contribution in [0.15, 0.2) is 36.8 Å². The van der Waals surface area contributed by atoms with Crippen molar-refractivity contribution in [2.24, 2.45) is 5.73 Å². The second-order valence-electron chi connectivity index (χ2n) is 7.61. The predicted molar refractivity (Wildman–Crippen MR) is 115 cm³/mol. The van der Waals surface area contributed by atoms with Crippen LogP contribution in [0.25, 0.3) is 11.6 Å². The maximum atomic E-state index is 14.3. The minimum absolute atomic E-state index is 0.0427. The number of fused-ring (bicyclic) bond motifs is 1. The van der Waals surface area contributed by atoms with Crippen molar-refractivity contribution in [2.45, 2.75) is 31.8 Å². The Morgan fingerprint density at radius 1 is 1.27 bits per heavy atom. The summed E-state index contributed by atoms with van der Waals surface area (Å²) >= 11 is 0. The number of carbonyl (C=O) groups is 1. The lowest BCUT2D eigenvalue weighted by Gasteiger charge is -2.36. The summed E-state index contributed by atoms with van der Waals surface area (Å²) in [4.78, 5) is 30.1. The molecule has 0 saturated heterocycles. The van der Waals surface area contributed by atoms with Gasteiger partial charge in [0, 0.05) is 61.4 Å². The number of ether oxygens (including phenoxy) is 1. The summed E-state index contributed by atoms with van der Waals surface area (Å²) < 4.78 is 33.9. The molecule has 0 bridgehead atoms. The number of carboxylic acids is 1. The number of rotatable bonds is 7. The first-order valence-corrected chi connectivity index (χ1v) is 10.3. The largest absolute Gasteiger partial charge is 0.490 e. The topological polar surface area (TPSA) is 127 Å². The summed E-state index contributed by atoms with van der Waals surface area (Å²) in [7, 11) is 0. The summed E-state index contributed by atoms with van der Waals surface area (Å²) in [5.74, 6) is -2.82. The summed E-state index contributed by atoms with van der Waals surface area (Å²) in [6.45, 7) is 2.27. The van der Waals surface area contributed by atoms with Crippen LogP contribution in [-0.2, 0) is 11.2 Å². The molecule has 0 aliphatic carbocycles. The van der Waals surface area contributed by atoms with E-state index in [0.29, 0.717) is 30.3 Å². The maximum Gasteiger partial charge on any atom is 0.320 e. The van der Waals surface area contributed by atoms with E-state index >= 15 is 0 Å². The molecule has 9 nitrogen and oxygen atoms in total. The van der Waals surface area contributed by atoms with Crippen molar-refractivity contribution in [2.75, 3.05) is 18.1 Å². The number of benzene rings is 1. The van der Waals surface area contributed by atoms with Crippen LogP contribution in [0.2, 0.25) is 0 Å². The van der Waals surface area contributed by atoms with Gasteiger partial charge in [-0.2, -0.15) is 4.39 Å². The van der Waals surface area contributed by atoms with Gasteiger partial charge in [-0.05, 0) is 13.0 Å². The molecule has 3 aromatic rings. The molecule has 1 aliphatic rings. The fourth-order valence-corrected chi connectivity index (χ4v) is 3.68. The smallest absolute Gasteiger partial charge is 0.320 e. The second kappa shape index (κ2) is 9.41. The molecular weight excluding hydrogens is 434 g/mol. The van der Waals surface area contributed by atoms with Gasteiger partial charge >= 0.3 is 5.97 Å². The lowest BCUT2D eigenvalue weighted by molar-refractivity contribution is -0.138. The Morgan fingerprint density at radius 2 is 2.03 bits per heavy atom. The fourth-order valence-electron chi connectivity index (χ4n) is 3.68. The van der Waals surface area contributed by atoms with Crippen molar-refractivity contribution in [3.05, 3.63) is 59.7 Å². The van der Waals surface area contributed by atoms with Crippen LogP contribution in [0.1, 0.15) is 30.6 Å². The number of nitrogens with two attached hydrogens (primary N) is 1. The van der Waals surface area contributed by atoms with Gasteiger partial charge in [0.15, 0.2) is 23.2 Å². The normalized spacial score (nSPS) is 16.2. The summed E-state index contributed by atoms with van der Waals surface area (Å²) in [6.07, 6.45) is 5.46. The summed E-state index contributed by atoms with van der Waals surface area (Å²) in [5, 5.41) is 8.84. The summed E-state index contributed by atoms with van der Waals surface area (Å²) in [6, 6.07) is 2.87. The summed E-state index contributed by atoms with van der Waals surface area (Å²) in [5.41, 5.74) is 7.57. The van der Waals surface area contributed by atoms with Gasteiger partial charge in [-0.15, -0.1) is 0 Å². The third-order valence-electron chi connectivity index (χ3n) is 5.49. The minimum atomic E-state index is -1.19. The molecule has 0 saturated carbocycles. The lowest BCUT2D eigenvalue weighted by atomic mass is 9.98. The molecule has 1 aromatic carbocycles. The average Bonchev–Trinajstić information content (AvgIpc) is 2.82. The van der Waals surface area contributed by atoms with E-state index in [2.05, 4.69) is 19.9 Å². The molecule has 172 valence electrons.